The number of hydrogen-bond acceptors (Lipinski definition) is 6. The third-order valence-corrected chi connectivity index (χ3v) is 10.8. The van der Waals surface area contributed by atoms with Gasteiger partial charge >= 0.3 is 0 Å². The Balaban J connectivity index is 1.47. The van der Waals surface area contributed by atoms with Crippen LogP contribution in [0.1, 0.15) is 83.3 Å². The van der Waals surface area contributed by atoms with Gasteiger partial charge in [-0.05, 0) is 75.5 Å². The number of aromatic nitrogens is 1. The SMILES string of the molecule is CC1(C)CCC2(CC1)N[C@@H](C(=O)N[C@@H]1CC[C@@H](C(C)(C)O)OC1)[C@H](c1cccc(Cl)c1F)[C@]21C(=O)Nc2nc(Cl)ccc21. The Morgan fingerprint density at radius 3 is 2.51 bits per heavy atom. The van der Waals surface area contributed by atoms with E-state index in [-0.39, 0.29) is 51.7 Å². The molecule has 4 N–H and O–H groups in total. The predicted molar refractivity (Wildman–Crippen MR) is 163 cm³/mol. The van der Waals surface area contributed by atoms with Gasteiger partial charge in [0, 0.05) is 17.0 Å². The zero-order chi connectivity index (χ0) is 30.9. The third-order valence-electron chi connectivity index (χ3n) is 10.3. The zero-order valence-corrected chi connectivity index (χ0v) is 26.4. The molecule has 2 saturated heterocycles. The minimum atomic E-state index is -1.36. The summed E-state index contributed by atoms with van der Waals surface area (Å²) >= 11 is 12.6. The summed E-state index contributed by atoms with van der Waals surface area (Å²) in [6.07, 6.45) is 3.64. The molecule has 3 aliphatic heterocycles. The Morgan fingerprint density at radius 1 is 1.14 bits per heavy atom. The Bertz CT molecular complexity index is 1450. The first-order valence-electron chi connectivity index (χ1n) is 15.0. The quantitative estimate of drug-likeness (QED) is 0.343. The van der Waals surface area contributed by atoms with Crippen molar-refractivity contribution in [3.8, 4) is 0 Å². The topological polar surface area (TPSA) is 113 Å². The highest BCUT2D eigenvalue weighted by atomic mass is 35.5. The number of aliphatic hydroxyl groups is 1. The van der Waals surface area contributed by atoms with E-state index in [0.717, 1.165) is 12.8 Å². The molecule has 0 bridgehead atoms. The van der Waals surface area contributed by atoms with Gasteiger partial charge in [0.25, 0.3) is 0 Å². The molecule has 1 saturated carbocycles. The molecule has 3 fully saturated rings. The fraction of sp³-hybridized carbons (Fsp3) is 0.594. The highest BCUT2D eigenvalue weighted by molar-refractivity contribution is 6.31. The summed E-state index contributed by atoms with van der Waals surface area (Å²) in [6.45, 7) is 8.06. The minimum Gasteiger partial charge on any atom is -0.388 e. The van der Waals surface area contributed by atoms with Crippen molar-refractivity contribution in [2.75, 3.05) is 11.9 Å². The van der Waals surface area contributed by atoms with Gasteiger partial charge in [-0.15, -0.1) is 0 Å². The summed E-state index contributed by atoms with van der Waals surface area (Å²) in [4.78, 5) is 33.3. The fourth-order valence-corrected chi connectivity index (χ4v) is 8.33. The molecule has 4 aliphatic rings. The molecule has 1 aromatic carbocycles. The molecule has 5 atom stereocenters. The molecule has 43 heavy (non-hydrogen) atoms. The number of hydrogen-bond donors (Lipinski definition) is 4. The first kappa shape index (κ1) is 30.7. The number of ether oxygens (including phenoxy) is 1. The lowest BCUT2D eigenvalue weighted by molar-refractivity contribution is -0.131. The Kier molecular flexibility index (Phi) is 7.61. The maximum Gasteiger partial charge on any atom is 0.238 e. The Morgan fingerprint density at radius 2 is 1.86 bits per heavy atom. The van der Waals surface area contributed by atoms with Gasteiger partial charge in [0.2, 0.25) is 11.8 Å². The van der Waals surface area contributed by atoms with Crippen LogP contribution in [0.5, 0.6) is 0 Å². The number of nitrogens with zero attached hydrogens (tertiary/aromatic N) is 1. The third kappa shape index (κ3) is 4.96. The summed E-state index contributed by atoms with van der Waals surface area (Å²) in [5.74, 6) is -1.94. The van der Waals surface area contributed by atoms with Crippen molar-refractivity contribution in [3.05, 3.63) is 57.5 Å². The van der Waals surface area contributed by atoms with Gasteiger partial charge in [0.1, 0.15) is 22.2 Å². The lowest BCUT2D eigenvalue weighted by Crippen LogP contribution is -2.61. The van der Waals surface area contributed by atoms with Crippen LogP contribution in [0.3, 0.4) is 0 Å². The van der Waals surface area contributed by atoms with E-state index in [1.165, 1.54) is 6.07 Å². The summed E-state index contributed by atoms with van der Waals surface area (Å²) in [6, 6.07) is 6.89. The number of carbonyl (C=O) groups excluding carboxylic acids is 2. The highest BCUT2D eigenvalue weighted by Crippen LogP contribution is 2.63. The van der Waals surface area contributed by atoms with Crippen LogP contribution < -0.4 is 16.0 Å². The maximum atomic E-state index is 16.1. The van der Waals surface area contributed by atoms with E-state index < -0.39 is 34.3 Å². The van der Waals surface area contributed by atoms with Crippen molar-refractivity contribution < 1.29 is 23.8 Å². The number of nitrogens with one attached hydrogen (secondary N) is 3. The van der Waals surface area contributed by atoms with E-state index in [9.17, 15) is 14.7 Å². The summed E-state index contributed by atoms with van der Waals surface area (Å²) in [7, 11) is 0. The summed E-state index contributed by atoms with van der Waals surface area (Å²) in [5, 5.41) is 20.3. The second-order valence-electron chi connectivity index (χ2n) is 14.0. The van der Waals surface area contributed by atoms with Gasteiger partial charge in [0.15, 0.2) is 0 Å². The van der Waals surface area contributed by atoms with E-state index in [4.69, 9.17) is 27.9 Å². The second-order valence-corrected chi connectivity index (χ2v) is 14.8. The van der Waals surface area contributed by atoms with Gasteiger partial charge in [0.05, 0.1) is 35.4 Å². The first-order valence-corrected chi connectivity index (χ1v) is 15.8. The van der Waals surface area contributed by atoms with Crippen LogP contribution in [0.2, 0.25) is 10.2 Å². The fourth-order valence-electron chi connectivity index (χ4n) is 8.00. The first-order chi connectivity index (χ1) is 20.2. The number of benzene rings is 1. The predicted octanol–water partition coefficient (Wildman–Crippen LogP) is 5.25. The molecule has 4 heterocycles. The minimum absolute atomic E-state index is 0.0396. The van der Waals surface area contributed by atoms with Crippen LogP contribution in [0, 0.1) is 11.2 Å². The molecule has 11 heteroatoms. The smallest absolute Gasteiger partial charge is 0.238 e. The largest absolute Gasteiger partial charge is 0.388 e. The molecule has 1 aliphatic carbocycles. The zero-order valence-electron chi connectivity index (χ0n) is 24.9. The van der Waals surface area contributed by atoms with E-state index in [1.54, 1.807) is 38.1 Å². The number of anilines is 1. The van der Waals surface area contributed by atoms with Gasteiger partial charge in [-0.3, -0.25) is 14.9 Å². The van der Waals surface area contributed by atoms with Crippen LogP contribution >= 0.6 is 23.2 Å². The molecule has 1 aromatic heterocycles. The van der Waals surface area contributed by atoms with Crippen LogP contribution in [0.25, 0.3) is 0 Å². The van der Waals surface area contributed by atoms with Crippen molar-refractivity contribution in [2.45, 2.75) is 107 Å². The van der Waals surface area contributed by atoms with Crippen molar-refractivity contribution in [1.29, 1.82) is 0 Å². The molecule has 2 amide bonds. The molecule has 2 spiro atoms. The summed E-state index contributed by atoms with van der Waals surface area (Å²) in [5.41, 5.74) is -2.39. The maximum absolute atomic E-state index is 16.1. The average Bonchev–Trinajstić information content (AvgIpc) is 3.39. The number of amides is 2. The molecule has 6 rings (SSSR count). The number of halogens is 3. The Labute approximate surface area is 261 Å². The normalized spacial score (nSPS) is 31.2. The van der Waals surface area contributed by atoms with E-state index in [1.807, 2.05) is 0 Å². The number of carbonyl (C=O) groups is 2. The monoisotopic (exact) mass is 632 g/mol. The highest BCUT2D eigenvalue weighted by Gasteiger charge is 2.73. The lowest BCUT2D eigenvalue weighted by Gasteiger charge is -2.50. The van der Waals surface area contributed by atoms with Gasteiger partial charge in [-0.25, -0.2) is 9.37 Å². The molecule has 8 nitrogen and oxygen atoms in total. The van der Waals surface area contributed by atoms with Gasteiger partial charge in [-0.2, -0.15) is 0 Å². The second kappa shape index (κ2) is 10.7. The number of pyridine rings is 1. The Hall–Kier alpha value is -2.30. The number of rotatable bonds is 4. The molecule has 2 aromatic rings. The van der Waals surface area contributed by atoms with Crippen molar-refractivity contribution >= 4 is 40.8 Å². The van der Waals surface area contributed by atoms with Crippen LogP contribution in [0.4, 0.5) is 10.2 Å². The number of fused-ring (bicyclic) bond motifs is 3. The van der Waals surface area contributed by atoms with Crippen molar-refractivity contribution in [1.82, 2.24) is 15.6 Å². The average molecular weight is 634 g/mol. The van der Waals surface area contributed by atoms with Gasteiger partial charge in [-0.1, -0.05) is 55.2 Å². The van der Waals surface area contributed by atoms with Crippen LogP contribution in [-0.2, 0) is 19.7 Å². The van der Waals surface area contributed by atoms with E-state index in [0.29, 0.717) is 37.1 Å². The van der Waals surface area contributed by atoms with Crippen LogP contribution in [0.15, 0.2) is 30.3 Å². The van der Waals surface area contributed by atoms with Crippen molar-refractivity contribution in [2.24, 2.45) is 5.41 Å². The summed E-state index contributed by atoms with van der Waals surface area (Å²) < 4.78 is 22.0. The van der Waals surface area contributed by atoms with Crippen LogP contribution in [-0.4, -0.2) is 57.8 Å². The molecule has 0 unspecified atom stereocenters. The molecule has 232 valence electrons. The van der Waals surface area contributed by atoms with Crippen molar-refractivity contribution in [3.63, 3.8) is 0 Å². The lowest BCUT2D eigenvalue weighted by atomic mass is 9.53. The standard InChI is InChI=1S/C32H39Cl2FN4O4/c1-29(2)12-14-31(15-13-29)32(19-9-11-22(34)37-26(19)38-28(32)41)23(18-6-5-7-20(33)24(18)35)25(39-31)27(40)36-17-8-10-21(43-16-17)30(3,4)42/h5-7,9,11,17,21,23,25,39,42H,8,10,12-16H2,1-4H3,(H,36,40)(H,37,38,41)/t17-,21+,23+,25-,32-/m1/s1. The van der Waals surface area contributed by atoms with Gasteiger partial charge < -0.3 is 20.5 Å². The molecule has 0 radical (unpaired) electrons. The molecular formula is C32H39Cl2FN4O4. The van der Waals surface area contributed by atoms with E-state index >= 15 is 4.39 Å². The molecular weight excluding hydrogens is 594 g/mol. The van der Waals surface area contributed by atoms with E-state index in [2.05, 4.69) is 34.8 Å².